The molecule has 150 valence electrons. The number of ether oxygens (including phenoxy) is 3. The Hall–Kier alpha value is -3.80. The summed E-state index contributed by atoms with van der Waals surface area (Å²) in [6, 6.07) is 8.32. The smallest absolute Gasteiger partial charge is 0.337 e. The lowest BCUT2D eigenvalue weighted by Gasteiger charge is -2.34. The predicted molar refractivity (Wildman–Crippen MR) is 98.6 cm³/mol. The summed E-state index contributed by atoms with van der Waals surface area (Å²) >= 11 is 0. The van der Waals surface area contributed by atoms with Gasteiger partial charge < -0.3 is 25.3 Å². The van der Waals surface area contributed by atoms with E-state index in [0.717, 1.165) is 0 Å². The largest absolute Gasteiger partial charge is 0.466 e. The van der Waals surface area contributed by atoms with Crippen molar-refractivity contribution in [3.05, 3.63) is 52.6 Å². The zero-order chi connectivity index (χ0) is 21.2. The number of nitrogens with two attached hydrogens (primary N) is 1. The lowest BCUT2D eigenvalue weighted by Crippen LogP contribution is -2.46. The van der Waals surface area contributed by atoms with E-state index >= 15 is 0 Å². The summed E-state index contributed by atoms with van der Waals surface area (Å²) < 4.78 is 15.6. The molecule has 9 heteroatoms. The van der Waals surface area contributed by atoms with Gasteiger partial charge in [0, 0.05) is 11.3 Å². The van der Waals surface area contributed by atoms with E-state index in [1.165, 1.54) is 0 Å². The van der Waals surface area contributed by atoms with Gasteiger partial charge in [0.15, 0.2) is 5.41 Å². The van der Waals surface area contributed by atoms with Crippen LogP contribution in [0.4, 0.5) is 0 Å². The molecule has 2 aliphatic rings. The highest BCUT2D eigenvalue weighted by atomic mass is 16.5. The topological polar surface area (TPSA) is 141 Å². The van der Waals surface area contributed by atoms with Gasteiger partial charge in [0.05, 0.1) is 25.2 Å². The van der Waals surface area contributed by atoms with Crippen molar-refractivity contribution < 1.29 is 28.6 Å². The number of hydrogen-bond donors (Lipinski definition) is 2. The van der Waals surface area contributed by atoms with Crippen LogP contribution in [0.3, 0.4) is 0 Å². The minimum absolute atomic E-state index is 0.00385. The van der Waals surface area contributed by atoms with Crippen LogP contribution in [0.2, 0.25) is 0 Å². The minimum Gasteiger partial charge on any atom is -0.466 e. The van der Waals surface area contributed by atoms with Crippen molar-refractivity contribution in [1.29, 1.82) is 5.26 Å². The van der Waals surface area contributed by atoms with Gasteiger partial charge in [0.1, 0.15) is 17.4 Å². The molecule has 1 spiro atoms. The zero-order valence-electron chi connectivity index (χ0n) is 15.9. The summed E-state index contributed by atoms with van der Waals surface area (Å²) in [6.07, 6.45) is -0.378. The second kappa shape index (κ2) is 7.67. The molecule has 1 aromatic rings. The molecule has 2 aliphatic heterocycles. The number of rotatable bonds is 5. The van der Waals surface area contributed by atoms with Crippen LogP contribution in [0.1, 0.15) is 25.8 Å². The number of nitrogens with zero attached hydrogens (tertiary/aromatic N) is 1. The maximum Gasteiger partial charge on any atom is 0.337 e. The molecule has 0 fully saturated rings. The van der Waals surface area contributed by atoms with Crippen molar-refractivity contribution in [1.82, 2.24) is 5.32 Å². The van der Waals surface area contributed by atoms with Crippen LogP contribution in [-0.2, 0) is 29.3 Å². The van der Waals surface area contributed by atoms with Gasteiger partial charge in [-0.2, -0.15) is 5.26 Å². The Morgan fingerprint density at radius 2 is 1.93 bits per heavy atom. The minimum atomic E-state index is -1.89. The first-order chi connectivity index (χ1) is 13.9. The van der Waals surface area contributed by atoms with Gasteiger partial charge in [-0.25, -0.2) is 4.79 Å². The Kier molecular flexibility index (Phi) is 5.28. The molecule has 1 aromatic carbocycles. The Labute approximate surface area is 166 Å². The van der Waals surface area contributed by atoms with Crippen LogP contribution in [0.15, 0.2) is 47.0 Å². The van der Waals surface area contributed by atoms with Crippen LogP contribution < -0.4 is 15.8 Å². The number of carbonyl (C=O) groups is 3. The first kappa shape index (κ1) is 19.9. The predicted octanol–water partition coefficient (Wildman–Crippen LogP) is 0.911. The molecule has 3 rings (SSSR count). The van der Waals surface area contributed by atoms with Crippen LogP contribution >= 0.6 is 0 Å². The van der Waals surface area contributed by atoms with Gasteiger partial charge in [-0.1, -0.05) is 18.2 Å². The van der Waals surface area contributed by atoms with Gasteiger partial charge in [-0.05, 0) is 19.9 Å². The van der Waals surface area contributed by atoms with Crippen LogP contribution in [0.25, 0.3) is 0 Å². The highest BCUT2D eigenvalue weighted by molar-refractivity contribution is 6.13. The van der Waals surface area contributed by atoms with E-state index in [0.29, 0.717) is 0 Å². The number of esters is 2. The summed E-state index contributed by atoms with van der Waals surface area (Å²) in [5, 5.41) is 12.4. The Morgan fingerprint density at radius 3 is 2.59 bits per heavy atom. The third-order valence-corrected chi connectivity index (χ3v) is 4.63. The normalized spacial score (nSPS) is 20.0. The Bertz CT molecular complexity index is 1000. The van der Waals surface area contributed by atoms with E-state index < -0.39 is 23.3 Å². The van der Waals surface area contributed by atoms with Crippen LogP contribution in [0.5, 0.6) is 5.75 Å². The Morgan fingerprint density at radius 1 is 1.24 bits per heavy atom. The van der Waals surface area contributed by atoms with Crippen molar-refractivity contribution in [3.63, 3.8) is 0 Å². The monoisotopic (exact) mass is 397 g/mol. The molecule has 1 amide bonds. The number of para-hydroxylation sites is 1. The lowest BCUT2D eigenvalue weighted by molar-refractivity contribution is -0.142. The molecule has 0 saturated carbocycles. The maximum absolute atomic E-state index is 13.3. The number of benzene rings is 1. The van der Waals surface area contributed by atoms with Crippen molar-refractivity contribution in [3.8, 4) is 11.8 Å². The van der Waals surface area contributed by atoms with E-state index in [4.69, 9.17) is 19.9 Å². The van der Waals surface area contributed by atoms with Gasteiger partial charge >= 0.3 is 11.9 Å². The van der Waals surface area contributed by atoms with Gasteiger partial charge in [0.25, 0.3) is 0 Å². The zero-order valence-corrected chi connectivity index (χ0v) is 15.9. The van der Waals surface area contributed by atoms with Crippen molar-refractivity contribution in [2.75, 3.05) is 13.2 Å². The third kappa shape index (κ3) is 2.99. The van der Waals surface area contributed by atoms with Gasteiger partial charge in [-0.3, -0.25) is 9.59 Å². The molecule has 9 nitrogen and oxygen atoms in total. The number of carbonyl (C=O) groups excluding carboxylic acids is 3. The summed E-state index contributed by atoms with van der Waals surface area (Å²) in [5.41, 5.74) is 3.88. The summed E-state index contributed by atoms with van der Waals surface area (Å²) in [7, 11) is 0. The van der Waals surface area contributed by atoms with E-state index in [-0.39, 0.29) is 53.7 Å². The van der Waals surface area contributed by atoms with Crippen molar-refractivity contribution >= 4 is 17.8 Å². The van der Waals surface area contributed by atoms with E-state index in [2.05, 4.69) is 5.32 Å². The number of hydrogen-bond acceptors (Lipinski definition) is 8. The molecule has 2 heterocycles. The summed E-state index contributed by atoms with van der Waals surface area (Å²) in [4.78, 5) is 38.3. The molecular weight excluding hydrogens is 378 g/mol. The van der Waals surface area contributed by atoms with Crippen molar-refractivity contribution in [2.24, 2.45) is 5.73 Å². The van der Waals surface area contributed by atoms with Gasteiger partial charge in [0.2, 0.25) is 11.8 Å². The van der Waals surface area contributed by atoms with Crippen LogP contribution in [0, 0.1) is 11.3 Å². The fraction of sp³-hybridized carbons (Fsp3) is 0.300. The van der Waals surface area contributed by atoms with E-state index in [1.54, 1.807) is 38.1 Å². The molecule has 29 heavy (non-hydrogen) atoms. The van der Waals surface area contributed by atoms with Gasteiger partial charge in [-0.15, -0.1) is 0 Å². The second-order valence-electron chi connectivity index (χ2n) is 6.21. The summed E-state index contributed by atoms with van der Waals surface area (Å²) in [6.45, 7) is 3.40. The molecule has 0 bridgehead atoms. The lowest BCUT2D eigenvalue weighted by atomic mass is 9.68. The molecule has 0 aromatic heterocycles. The maximum atomic E-state index is 13.3. The number of amides is 1. The fourth-order valence-electron chi connectivity index (χ4n) is 3.59. The molecular formula is C20H19N3O6. The summed E-state index contributed by atoms with van der Waals surface area (Å²) in [5.74, 6) is -2.27. The third-order valence-electron chi connectivity index (χ3n) is 4.63. The molecule has 3 N–H and O–H groups in total. The van der Waals surface area contributed by atoms with Crippen LogP contribution in [-0.4, -0.2) is 31.1 Å². The number of fused-ring (bicyclic) bond motifs is 2. The SMILES string of the molecule is CCOC(=O)CC1=C(C(=O)OCC)[C@]2(C(=O)N1)C(C#N)=C(N)Oc1ccccc12. The Balaban J connectivity index is 2.33. The van der Waals surface area contributed by atoms with E-state index in [9.17, 15) is 19.6 Å². The highest BCUT2D eigenvalue weighted by Gasteiger charge is 2.60. The average Bonchev–Trinajstić information content (AvgIpc) is 2.94. The standard InChI is InChI=1S/C20H19N3O6/c1-3-27-15(24)9-13-16(18(25)28-4-2)20(19(26)23-13)11-7-5-6-8-14(11)29-17(22)12(20)10-21/h5-8H,3-4,9,22H2,1-2H3,(H,23,26)/t20-/m1/s1. The average molecular weight is 397 g/mol. The molecule has 0 aliphatic carbocycles. The molecule has 1 atom stereocenters. The quantitative estimate of drug-likeness (QED) is 0.699. The molecule has 0 saturated heterocycles. The molecule has 0 radical (unpaired) electrons. The van der Waals surface area contributed by atoms with Crippen molar-refractivity contribution in [2.45, 2.75) is 25.7 Å². The second-order valence-corrected chi connectivity index (χ2v) is 6.21. The first-order valence-corrected chi connectivity index (χ1v) is 8.97. The first-order valence-electron chi connectivity index (χ1n) is 8.97. The number of nitriles is 1. The van der Waals surface area contributed by atoms with E-state index in [1.807, 2.05) is 6.07 Å². The highest BCUT2D eigenvalue weighted by Crippen LogP contribution is 2.51. The fourth-order valence-corrected chi connectivity index (χ4v) is 3.59. The molecule has 0 unspecified atom stereocenters. The number of nitrogens with one attached hydrogen (secondary N) is 1.